The van der Waals surface area contributed by atoms with Crippen LogP contribution in [0.3, 0.4) is 0 Å². The molecule has 1 aliphatic heterocycles. The summed E-state index contributed by atoms with van der Waals surface area (Å²) in [6.45, 7) is 6.04. The normalized spacial score (nSPS) is 15.6. The fourth-order valence-electron chi connectivity index (χ4n) is 3.96. The molecule has 0 radical (unpaired) electrons. The van der Waals surface area contributed by atoms with Gasteiger partial charge in [-0.2, -0.15) is 4.31 Å². The Labute approximate surface area is 208 Å². The molecule has 0 atom stereocenters. The van der Waals surface area contributed by atoms with Crippen LogP contribution in [0.15, 0.2) is 46.2 Å². The van der Waals surface area contributed by atoms with Crippen molar-refractivity contribution in [1.82, 2.24) is 9.03 Å². The predicted octanol–water partition coefficient (Wildman–Crippen LogP) is 3.51. The monoisotopic (exact) mass is 523 g/mol. The van der Waals surface area contributed by atoms with E-state index < -0.39 is 26.0 Å². The van der Waals surface area contributed by atoms with E-state index in [4.69, 9.17) is 4.74 Å². The lowest BCUT2D eigenvalue weighted by Crippen LogP contribution is -2.32. The van der Waals surface area contributed by atoms with Gasteiger partial charge in [-0.15, -0.1) is 0 Å². The summed E-state index contributed by atoms with van der Waals surface area (Å²) in [4.78, 5) is 13.2. The molecule has 9 nitrogen and oxygen atoms in total. The topological polar surface area (TPSA) is 122 Å². The molecule has 0 spiro atoms. The van der Waals surface area contributed by atoms with E-state index in [0.717, 1.165) is 25.7 Å². The lowest BCUT2D eigenvalue weighted by atomic mass is 10.1. The van der Waals surface area contributed by atoms with E-state index in [1.54, 1.807) is 26.8 Å². The summed E-state index contributed by atoms with van der Waals surface area (Å²) >= 11 is 0. The number of ether oxygens (including phenoxy) is 1. The van der Waals surface area contributed by atoms with Crippen molar-refractivity contribution in [2.24, 2.45) is 0 Å². The molecule has 192 valence electrons. The fourth-order valence-corrected chi connectivity index (χ4v) is 6.78. The van der Waals surface area contributed by atoms with Crippen LogP contribution in [-0.2, 0) is 20.0 Å². The largest absolute Gasteiger partial charge is 0.495 e. The highest BCUT2D eigenvalue weighted by Gasteiger charge is 2.27. The number of sulfonamides is 2. The van der Waals surface area contributed by atoms with Crippen LogP contribution in [0, 0.1) is 6.92 Å². The van der Waals surface area contributed by atoms with Crippen LogP contribution in [0.5, 0.6) is 5.75 Å². The highest BCUT2D eigenvalue weighted by Crippen LogP contribution is 2.29. The van der Waals surface area contributed by atoms with Crippen molar-refractivity contribution >= 4 is 31.6 Å². The number of anilines is 1. The first-order valence-electron chi connectivity index (χ1n) is 11.6. The number of methoxy groups -OCH3 is 1. The van der Waals surface area contributed by atoms with Gasteiger partial charge in [-0.05, 0) is 69.5 Å². The molecular weight excluding hydrogens is 490 g/mol. The number of nitrogens with one attached hydrogen (secondary N) is 2. The van der Waals surface area contributed by atoms with Crippen LogP contribution < -0.4 is 14.8 Å². The molecule has 0 saturated carbocycles. The summed E-state index contributed by atoms with van der Waals surface area (Å²) < 4.78 is 60.9. The van der Waals surface area contributed by atoms with Gasteiger partial charge in [0, 0.05) is 24.7 Å². The maximum Gasteiger partial charge on any atom is 0.256 e. The van der Waals surface area contributed by atoms with E-state index in [0.29, 0.717) is 18.7 Å². The Balaban J connectivity index is 1.93. The maximum absolute atomic E-state index is 13.2. The van der Waals surface area contributed by atoms with Gasteiger partial charge in [-0.1, -0.05) is 18.9 Å². The van der Waals surface area contributed by atoms with Crippen LogP contribution in [0.4, 0.5) is 5.69 Å². The third-order valence-electron chi connectivity index (χ3n) is 5.78. The minimum Gasteiger partial charge on any atom is -0.495 e. The summed E-state index contributed by atoms with van der Waals surface area (Å²) in [6, 6.07) is 8.34. The number of carbonyl (C=O) groups excluding carboxylic acids is 1. The first-order chi connectivity index (χ1) is 16.5. The van der Waals surface area contributed by atoms with Crippen molar-refractivity contribution in [3.8, 4) is 5.75 Å². The van der Waals surface area contributed by atoms with E-state index in [1.807, 2.05) is 0 Å². The first-order valence-corrected chi connectivity index (χ1v) is 14.5. The number of nitrogens with zero attached hydrogens (tertiary/aromatic N) is 1. The smallest absolute Gasteiger partial charge is 0.256 e. The Morgan fingerprint density at radius 2 is 1.57 bits per heavy atom. The molecule has 1 heterocycles. The summed E-state index contributed by atoms with van der Waals surface area (Å²) in [5.41, 5.74) is 0.919. The Bertz CT molecular complexity index is 1280. The van der Waals surface area contributed by atoms with Crippen LogP contribution >= 0.6 is 0 Å². The number of carbonyl (C=O) groups is 1. The average molecular weight is 524 g/mol. The molecule has 0 aromatic heterocycles. The van der Waals surface area contributed by atoms with Crippen LogP contribution in [0.25, 0.3) is 0 Å². The Kier molecular flexibility index (Phi) is 8.58. The Hall–Kier alpha value is -2.47. The molecule has 2 aromatic rings. The Morgan fingerprint density at radius 3 is 2.17 bits per heavy atom. The second-order valence-electron chi connectivity index (χ2n) is 8.89. The minimum atomic E-state index is -3.80. The van der Waals surface area contributed by atoms with Gasteiger partial charge in [-0.25, -0.2) is 21.6 Å². The zero-order valence-corrected chi connectivity index (χ0v) is 22.1. The second-order valence-corrected chi connectivity index (χ2v) is 12.5. The molecule has 0 aliphatic carbocycles. The number of hydrogen-bond acceptors (Lipinski definition) is 6. The number of hydrogen-bond donors (Lipinski definition) is 2. The maximum atomic E-state index is 13.2. The van der Waals surface area contributed by atoms with Crippen molar-refractivity contribution in [2.75, 3.05) is 25.5 Å². The predicted molar refractivity (Wildman–Crippen MR) is 135 cm³/mol. The molecule has 2 aromatic carbocycles. The summed E-state index contributed by atoms with van der Waals surface area (Å²) in [6.07, 6.45) is 3.61. The Morgan fingerprint density at radius 1 is 0.943 bits per heavy atom. The molecule has 0 unspecified atom stereocenters. The minimum absolute atomic E-state index is 0.0310. The van der Waals surface area contributed by atoms with Gasteiger partial charge in [0.2, 0.25) is 20.0 Å². The second kappa shape index (κ2) is 11.1. The number of aryl methyl sites for hydroxylation is 1. The van der Waals surface area contributed by atoms with Crippen molar-refractivity contribution in [3.63, 3.8) is 0 Å². The van der Waals surface area contributed by atoms with Gasteiger partial charge < -0.3 is 10.1 Å². The highest BCUT2D eigenvalue weighted by atomic mass is 32.2. The lowest BCUT2D eigenvalue weighted by molar-refractivity contribution is 0.102. The molecule has 1 amide bonds. The van der Waals surface area contributed by atoms with Gasteiger partial charge in [0.1, 0.15) is 5.75 Å². The molecule has 0 bridgehead atoms. The van der Waals surface area contributed by atoms with E-state index in [2.05, 4.69) is 10.0 Å². The van der Waals surface area contributed by atoms with Gasteiger partial charge in [-0.3, -0.25) is 4.79 Å². The quantitative estimate of drug-likeness (QED) is 0.546. The van der Waals surface area contributed by atoms with Gasteiger partial charge >= 0.3 is 0 Å². The standard InChI is InChI=1S/C24H33N3O6S2/c1-17(2)26-34(29,30)19-11-12-23(33-4)22(16-19)25-24(28)21-15-20(10-9-18(21)3)35(31,32)27-13-7-5-6-8-14-27/h9-12,15-17,26H,5-8,13-14H2,1-4H3,(H,25,28). The molecule has 1 aliphatic rings. The fraction of sp³-hybridized carbons (Fsp3) is 0.458. The molecular formula is C24H33N3O6S2. The van der Waals surface area contributed by atoms with E-state index in [-0.39, 0.29) is 32.8 Å². The molecule has 35 heavy (non-hydrogen) atoms. The van der Waals surface area contributed by atoms with Crippen molar-refractivity contribution in [2.45, 2.75) is 62.3 Å². The first kappa shape index (κ1) is 27.1. The number of amides is 1. The average Bonchev–Trinajstić information content (AvgIpc) is 3.08. The lowest BCUT2D eigenvalue weighted by Gasteiger charge is -2.20. The van der Waals surface area contributed by atoms with E-state index >= 15 is 0 Å². The molecule has 1 saturated heterocycles. The molecule has 11 heteroatoms. The summed E-state index contributed by atoms with van der Waals surface area (Å²) in [5.74, 6) is -0.298. The van der Waals surface area contributed by atoms with Crippen LogP contribution in [0.1, 0.15) is 55.5 Å². The van der Waals surface area contributed by atoms with Crippen LogP contribution in [-0.4, -0.2) is 53.3 Å². The SMILES string of the molecule is COc1ccc(S(=O)(=O)NC(C)C)cc1NC(=O)c1cc(S(=O)(=O)N2CCCCCC2)ccc1C. The summed E-state index contributed by atoms with van der Waals surface area (Å²) in [7, 11) is -6.13. The van der Waals surface area contributed by atoms with Crippen LogP contribution in [0.2, 0.25) is 0 Å². The summed E-state index contributed by atoms with van der Waals surface area (Å²) in [5, 5.41) is 2.69. The van der Waals surface area contributed by atoms with Gasteiger partial charge in [0.25, 0.3) is 5.91 Å². The number of rotatable bonds is 8. The third kappa shape index (κ3) is 6.40. The third-order valence-corrected chi connectivity index (χ3v) is 9.33. The molecule has 2 N–H and O–H groups in total. The molecule has 3 rings (SSSR count). The highest BCUT2D eigenvalue weighted by molar-refractivity contribution is 7.89. The molecule has 1 fully saturated rings. The van der Waals surface area contributed by atoms with Crippen molar-refractivity contribution in [1.29, 1.82) is 0 Å². The van der Waals surface area contributed by atoms with E-state index in [9.17, 15) is 21.6 Å². The zero-order valence-electron chi connectivity index (χ0n) is 20.5. The van der Waals surface area contributed by atoms with Gasteiger partial charge in [0.05, 0.1) is 22.6 Å². The number of benzene rings is 2. The van der Waals surface area contributed by atoms with Crippen molar-refractivity contribution in [3.05, 3.63) is 47.5 Å². The van der Waals surface area contributed by atoms with Crippen molar-refractivity contribution < 1.29 is 26.4 Å². The van der Waals surface area contributed by atoms with E-state index in [1.165, 1.54) is 41.7 Å². The van der Waals surface area contributed by atoms with Gasteiger partial charge in [0.15, 0.2) is 0 Å². The zero-order chi connectivity index (χ0) is 25.8.